The van der Waals surface area contributed by atoms with E-state index in [0.29, 0.717) is 0 Å². The second-order valence-corrected chi connectivity index (χ2v) is 9.66. The van der Waals surface area contributed by atoms with Crippen molar-refractivity contribution < 1.29 is 4.42 Å². The predicted molar refractivity (Wildman–Crippen MR) is 148 cm³/mol. The molecule has 0 atom stereocenters. The summed E-state index contributed by atoms with van der Waals surface area (Å²) in [7, 11) is 2.07. The number of rotatable bonds is 1. The highest BCUT2D eigenvalue weighted by atomic mass is 16.3. The number of imidazole rings is 1. The molecule has 0 amide bonds. The van der Waals surface area contributed by atoms with Crippen molar-refractivity contribution in [1.82, 2.24) is 14.0 Å². The maximum Gasteiger partial charge on any atom is 0.146 e. The first-order chi connectivity index (χ1) is 17.8. The highest BCUT2D eigenvalue weighted by Gasteiger charge is 2.24. The van der Waals surface area contributed by atoms with Crippen molar-refractivity contribution in [3.05, 3.63) is 97.1 Å². The average molecular weight is 462 g/mol. The summed E-state index contributed by atoms with van der Waals surface area (Å²) in [5, 5.41) is 7.20. The second-order valence-electron chi connectivity index (χ2n) is 9.66. The van der Waals surface area contributed by atoms with Gasteiger partial charge in [0.25, 0.3) is 0 Å². The van der Waals surface area contributed by atoms with E-state index in [1.807, 2.05) is 6.07 Å². The van der Waals surface area contributed by atoms with E-state index in [1.165, 1.54) is 38.1 Å². The molecule has 0 aliphatic rings. The van der Waals surface area contributed by atoms with Gasteiger partial charge in [-0.2, -0.15) is 0 Å². The third kappa shape index (κ3) is 2.05. The van der Waals surface area contributed by atoms with Crippen LogP contribution in [0.25, 0.3) is 82.5 Å². The molecule has 0 aliphatic carbocycles. The van der Waals surface area contributed by atoms with Gasteiger partial charge in [-0.25, -0.2) is 4.98 Å². The Kier molecular flexibility index (Phi) is 3.20. The molecule has 168 valence electrons. The molecule has 0 aliphatic heterocycles. The Bertz CT molecular complexity index is 2330. The van der Waals surface area contributed by atoms with Crippen LogP contribution >= 0.6 is 0 Å². The van der Waals surface area contributed by atoms with Gasteiger partial charge in [0.15, 0.2) is 0 Å². The summed E-state index contributed by atoms with van der Waals surface area (Å²) in [6.07, 6.45) is 0. The van der Waals surface area contributed by atoms with E-state index in [2.05, 4.69) is 107 Å². The average Bonchev–Trinajstić information content (AvgIpc) is 3.65. The van der Waals surface area contributed by atoms with Crippen molar-refractivity contribution >= 4 is 71.1 Å². The molecule has 0 unspecified atom stereocenters. The minimum absolute atomic E-state index is 0.884. The maximum atomic E-state index is 6.84. The maximum absolute atomic E-state index is 6.84. The molecule has 0 fully saturated rings. The van der Waals surface area contributed by atoms with Gasteiger partial charge in [-0.15, -0.1) is 0 Å². The van der Waals surface area contributed by atoms with Crippen LogP contribution in [0.5, 0.6) is 0 Å². The number of hydrogen-bond donors (Lipinski definition) is 0. The van der Waals surface area contributed by atoms with Crippen LogP contribution in [0.3, 0.4) is 0 Å². The zero-order valence-electron chi connectivity index (χ0n) is 19.5. The molecule has 0 N–H and O–H groups in total. The molecule has 9 aromatic rings. The zero-order chi connectivity index (χ0) is 23.5. The summed E-state index contributed by atoms with van der Waals surface area (Å²) in [5.74, 6) is 0.914. The predicted octanol–water partition coefficient (Wildman–Crippen LogP) is 8.29. The van der Waals surface area contributed by atoms with Gasteiger partial charge in [0.1, 0.15) is 17.0 Å². The minimum atomic E-state index is 0.884. The molecule has 0 saturated heterocycles. The summed E-state index contributed by atoms with van der Waals surface area (Å²) in [6.45, 7) is 0. The van der Waals surface area contributed by atoms with E-state index >= 15 is 0 Å². The van der Waals surface area contributed by atoms with Crippen molar-refractivity contribution in [2.45, 2.75) is 0 Å². The van der Waals surface area contributed by atoms with Gasteiger partial charge in [-0.3, -0.25) is 0 Å². The number of hydrogen-bond acceptors (Lipinski definition) is 2. The number of fused-ring (bicyclic) bond motifs is 11. The Morgan fingerprint density at radius 1 is 0.611 bits per heavy atom. The van der Waals surface area contributed by atoms with Crippen molar-refractivity contribution in [1.29, 1.82) is 0 Å². The molecule has 5 aromatic carbocycles. The van der Waals surface area contributed by atoms with Gasteiger partial charge in [0, 0.05) is 34.0 Å². The smallest absolute Gasteiger partial charge is 0.146 e. The largest absolute Gasteiger partial charge is 0.455 e. The summed E-state index contributed by atoms with van der Waals surface area (Å²) < 4.78 is 11.4. The lowest BCUT2D eigenvalue weighted by Gasteiger charge is -2.03. The van der Waals surface area contributed by atoms with Crippen molar-refractivity contribution in [2.24, 2.45) is 7.05 Å². The highest BCUT2D eigenvalue weighted by Crippen LogP contribution is 2.46. The number of aryl methyl sites for hydroxylation is 1. The molecule has 0 bridgehead atoms. The Hall–Kier alpha value is -4.83. The van der Waals surface area contributed by atoms with E-state index in [-0.39, 0.29) is 0 Å². The van der Waals surface area contributed by atoms with Crippen LogP contribution in [0.4, 0.5) is 0 Å². The standard InChI is InChI=1S/C32H19N3O/c1-34-27-16-7-4-13-24(27)33-32(34)21-12-8-11-19-23-17-22-18-9-2-5-14-25(18)35-26-15-6-3-10-20(26)28(29(22)35)31(23)36-30(19)21/h2-17H,1H3. The topological polar surface area (TPSA) is 35.4 Å². The first-order valence-electron chi connectivity index (χ1n) is 12.2. The molecule has 4 heterocycles. The normalized spacial score (nSPS) is 12.6. The van der Waals surface area contributed by atoms with Gasteiger partial charge >= 0.3 is 0 Å². The lowest BCUT2D eigenvalue weighted by Crippen LogP contribution is -1.92. The van der Waals surface area contributed by atoms with E-state index < -0.39 is 0 Å². The molecule has 0 radical (unpaired) electrons. The van der Waals surface area contributed by atoms with Crippen LogP contribution in [0, 0.1) is 0 Å². The van der Waals surface area contributed by atoms with Gasteiger partial charge < -0.3 is 13.4 Å². The fraction of sp³-hybridized carbons (Fsp3) is 0.0312. The third-order valence-corrected chi connectivity index (χ3v) is 7.86. The number of para-hydroxylation sites is 5. The zero-order valence-corrected chi connectivity index (χ0v) is 19.5. The fourth-order valence-corrected chi connectivity index (χ4v) is 6.32. The summed E-state index contributed by atoms with van der Waals surface area (Å²) in [4.78, 5) is 4.98. The van der Waals surface area contributed by atoms with Crippen LogP contribution < -0.4 is 0 Å². The number of benzene rings is 5. The van der Waals surface area contributed by atoms with Crippen LogP contribution in [-0.2, 0) is 7.05 Å². The second kappa shape index (κ2) is 6.23. The SMILES string of the molecule is Cn1c(-c2cccc3c2oc2c3cc3c4ccccc4n4c5ccccc5c2c34)nc2ccccc21. The molecule has 9 rings (SSSR count). The van der Waals surface area contributed by atoms with Crippen LogP contribution in [0.15, 0.2) is 101 Å². The Labute approximate surface area is 204 Å². The molecule has 4 heteroatoms. The Balaban J connectivity index is 1.51. The lowest BCUT2D eigenvalue weighted by atomic mass is 10.0. The summed E-state index contributed by atoms with van der Waals surface area (Å²) in [5.41, 5.74) is 8.61. The minimum Gasteiger partial charge on any atom is -0.455 e. The van der Waals surface area contributed by atoms with Crippen molar-refractivity contribution in [3.63, 3.8) is 0 Å². The molecule has 0 saturated carbocycles. The molecular formula is C32H19N3O. The number of nitrogens with zero attached hydrogens (tertiary/aromatic N) is 3. The summed E-state index contributed by atoms with van der Waals surface area (Å²) in [6, 6.07) is 34.3. The quantitative estimate of drug-likeness (QED) is 0.246. The van der Waals surface area contributed by atoms with Crippen LogP contribution in [-0.4, -0.2) is 14.0 Å². The van der Waals surface area contributed by atoms with Crippen molar-refractivity contribution in [2.75, 3.05) is 0 Å². The first kappa shape index (κ1) is 18.5. The molecule has 4 nitrogen and oxygen atoms in total. The van der Waals surface area contributed by atoms with Gasteiger partial charge in [0.2, 0.25) is 0 Å². The molecule has 36 heavy (non-hydrogen) atoms. The van der Waals surface area contributed by atoms with Gasteiger partial charge in [-0.05, 0) is 36.4 Å². The molecule has 4 aromatic heterocycles. The number of aromatic nitrogens is 3. The third-order valence-electron chi connectivity index (χ3n) is 7.86. The molecule has 0 spiro atoms. The van der Waals surface area contributed by atoms with Gasteiger partial charge in [0.05, 0.1) is 38.5 Å². The van der Waals surface area contributed by atoms with Gasteiger partial charge in [-0.1, -0.05) is 60.7 Å². The fourth-order valence-electron chi connectivity index (χ4n) is 6.32. The Morgan fingerprint density at radius 3 is 2.14 bits per heavy atom. The van der Waals surface area contributed by atoms with Crippen molar-refractivity contribution in [3.8, 4) is 11.4 Å². The number of furan rings is 1. The van der Waals surface area contributed by atoms with Crippen LogP contribution in [0.2, 0.25) is 0 Å². The summed E-state index contributed by atoms with van der Waals surface area (Å²) >= 11 is 0. The Morgan fingerprint density at radius 2 is 1.31 bits per heavy atom. The lowest BCUT2D eigenvalue weighted by molar-refractivity contribution is 0.673. The first-order valence-corrected chi connectivity index (χ1v) is 12.2. The monoisotopic (exact) mass is 461 g/mol. The van der Waals surface area contributed by atoms with E-state index in [4.69, 9.17) is 9.40 Å². The van der Waals surface area contributed by atoms with Crippen LogP contribution in [0.1, 0.15) is 0 Å². The molecular weight excluding hydrogens is 442 g/mol. The van der Waals surface area contributed by atoms with E-state index in [1.54, 1.807) is 0 Å². The highest BCUT2D eigenvalue weighted by molar-refractivity contribution is 6.33. The van der Waals surface area contributed by atoms with E-state index in [0.717, 1.165) is 44.4 Å². The van der Waals surface area contributed by atoms with E-state index in [9.17, 15) is 0 Å².